The van der Waals surface area contributed by atoms with E-state index < -0.39 is 5.97 Å². The van der Waals surface area contributed by atoms with Crippen LogP contribution in [0.2, 0.25) is 0 Å². The van der Waals surface area contributed by atoms with E-state index >= 15 is 0 Å². The van der Waals surface area contributed by atoms with E-state index in [-0.39, 0.29) is 63.9 Å². The van der Waals surface area contributed by atoms with E-state index in [0.717, 1.165) is 12.8 Å². The second-order valence-electron chi connectivity index (χ2n) is 6.24. The third-order valence-electron chi connectivity index (χ3n) is 4.06. The molecule has 0 heterocycles. The molecule has 0 bridgehead atoms. The molecule has 1 unspecified atom stereocenters. The number of aliphatic hydroxyl groups excluding tert-OH is 1. The molecule has 1 N–H and O–H groups in total. The van der Waals surface area contributed by atoms with E-state index in [4.69, 9.17) is 0 Å². The van der Waals surface area contributed by atoms with Gasteiger partial charge in [0, 0.05) is 5.97 Å². The van der Waals surface area contributed by atoms with E-state index in [0.29, 0.717) is 12.8 Å². The molecule has 0 saturated carbocycles. The molecule has 4 heteroatoms. The average Bonchev–Trinajstić information content (AvgIpc) is 2.44. The van der Waals surface area contributed by atoms with Crippen LogP contribution < -0.4 is 56.5 Å². The monoisotopic (exact) mass is 338 g/mol. The molecule has 0 saturated heterocycles. The molecule has 0 spiro atoms. The van der Waals surface area contributed by atoms with Gasteiger partial charge in [-0.1, -0.05) is 77.6 Å². The Morgan fingerprint density at radius 2 is 1.23 bits per heavy atom. The van der Waals surface area contributed by atoms with Gasteiger partial charge < -0.3 is 15.0 Å². The minimum Gasteiger partial charge on any atom is -0.550 e. The molecule has 0 rings (SSSR count). The van der Waals surface area contributed by atoms with Crippen LogP contribution in [0.25, 0.3) is 0 Å². The standard InChI is InChI=1S/C18H36O3.K/c1-2-3-4-5-6-7-8-9-10-11-12-14-17(19)15-13-16-18(20)21;/h17,19H,2-16H2,1H3,(H,20,21);/q;+1/p-1. The summed E-state index contributed by atoms with van der Waals surface area (Å²) in [7, 11) is 0. The van der Waals surface area contributed by atoms with E-state index in [9.17, 15) is 15.0 Å². The number of carboxylic acids is 1. The van der Waals surface area contributed by atoms with Crippen LogP contribution in [0.5, 0.6) is 0 Å². The Kier molecular flexibility index (Phi) is 23.1. The number of hydrogen-bond acceptors (Lipinski definition) is 3. The first-order valence-electron chi connectivity index (χ1n) is 9.04. The van der Waals surface area contributed by atoms with Crippen LogP contribution in [0.4, 0.5) is 0 Å². The van der Waals surface area contributed by atoms with Gasteiger partial charge in [0.05, 0.1) is 6.10 Å². The molecule has 0 aromatic rings. The van der Waals surface area contributed by atoms with Crippen molar-refractivity contribution in [1.82, 2.24) is 0 Å². The van der Waals surface area contributed by atoms with Crippen LogP contribution >= 0.6 is 0 Å². The molecular weight excluding hydrogens is 303 g/mol. The topological polar surface area (TPSA) is 60.4 Å². The summed E-state index contributed by atoms with van der Waals surface area (Å²) in [6, 6.07) is 0. The average molecular weight is 339 g/mol. The Hall–Kier alpha value is 1.07. The van der Waals surface area contributed by atoms with Gasteiger partial charge in [0.1, 0.15) is 0 Å². The number of carboxylic acid groups (broad SMARTS) is 1. The van der Waals surface area contributed by atoms with Gasteiger partial charge >= 0.3 is 51.4 Å². The number of carbonyl (C=O) groups is 1. The van der Waals surface area contributed by atoms with Crippen molar-refractivity contribution in [2.75, 3.05) is 0 Å². The van der Waals surface area contributed by atoms with Crippen LogP contribution in [0, 0.1) is 0 Å². The predicted molar refractivity (Wildman–Crippen MR) is 85.9 cm³/mol. The van der Waals surface area contributed by atoms with Crippen molar-refractivity contribution in [3.8, 4) is 0 Å². The zero-order chi connectivity index (χ0) is 15.8. The molecule has 0 aliphatic rings. The van der Waals surface area contributed by atoms with E-state index in [1.54, 1.807) is 0 Å². The second kappa shape index (κ2) is 20.1. The number of hydrogen-bond donors (Lipinski definition) is 1. The summed E-state index contributed by atoms with van der Waals surface area (Å²) in [4.78, 5) is 10.2. The first kappa shape index (κ1) is 25.3. The van der Waals surface area contributed by atoms with Crippen molar-refractivity contribution < 1.29 is 66.4 Å². The van der Waals surface area contributed by atoms with Gasteiger partial charge in [-0.15, -0.1) is 0 Å². The van der Waals surface area contributed by atoms with Gasteiger partial charge in [-0.05, 0) is 25.7 Å². The maximum atomic E-state index is 10.2. The predicted octanol–water partition coefficient (Wildman–Crippen LogP) is 0.973. The minimum atomic E-state index is -1.02. The molecule has 3 nitrogen and oxygen atoms in total. The Bertz CT molecular complexity index is 234. The quantitative estimate of drug-likeness (QED) is 0.337. The van der Waals surface area contributed by atoms with Gasteiger partial charge in [-0.25, -0.2) is 0 Å². The maximum absolute atomic E-state index is 10.2. The molecule has 126 valence electrons. The van der Waals surface area contributed by atoms with E-state index in [2.05, 4.69) is 6.92 Å². The molecule has 0 radical (unpaired) electrons. The van der Waals surface area contributed by atoms with Gasteiger partial charge in [0.2, 0.25) is 0 Å². The number of carbonyl (C=O) groups excluding carboxylic acids is 1. The first-order valence-corrected chi connectivity index (χ1v) is 9.04. The summed E-state index contributed by atoms with van der Waals surface area (Å²) < 4.78 is 0. The van der Waals surface area contributed by atoms with E-state index in [1.807, 2.05) is 0 Å². The summed E-state index contributed by atoms with van der Waals surface area (Å²) in [5.41, 5.74) is 0. The summed E-state index contributed by atoms with van der Waals surface area (Å²) in [5, 5.41) is 19.9. The fourth-order valence-corrected chi connectivity index (χ4v) is 2.67. The van der Waals surface area contributed by atoms with Crippen molar-refractivity contribution >= 4 is 5.97 Å². The molecule has 0 aromatic carbocycles. The molecule has 0 aromatic heterocycles. The zero-order valence-corrected chi connectivity index (χ0v) is 18.1. The van der Waals surface area contributed by atoms with Crippen molar-refractivity contribution in [3.05, 3.63) is 0 Å². The van der Waals surface area contributed by atoms with E-state index in [1.165, 1.54) is 64.2 Å². The molecule has 0 fully saturated rings. The van der Waals surface area contributed by atoms with Crippen molar-refractivity contribution in [3.63, 3.8) is 0 Å². The third kappa shape index (κ3) is 21.1. The van der Waals surface area contributed by atoms with Gasteiger partial charge in [0.15, 0.2) is 0 Å². The molecule has 1 atom stereocenters. The minimum absolute atomic E-state index is 0. The van der Waals surface area contributed by atoms with Gasteiger partial charge in [-0.2, -0.15) is 0 Å². The Morgan fingerprint density at radius 3 is 1.68 bits per heavy atom. The molecular formula is C18H35KO3. The normalized spacial score (nSPS) is 11.9. The van der Waals surface area contributed by atoms with Gasteiger partial charge in [0.25, 0.3) is 0 Å². The summed E-state index contributed by atoms with van der Waals surface area (Å²) >= 11 is 0. The zero-order valence-electron chi connectivity index (χ0n) is 14.9. The van der Waals surface area contributed by atoms with Crippen LogP contribution in [-0.4, -0.2) is 17.2 Å². The molecule has 22 heavy (non-hydrogen) atoms. The third-order valence-corrected chi connectivity index (χ3v) is 4.06. The molecule has 0 aliphatic carbocycles. The number of rotatable bonds is 16. The largest absolute Gasteiger partial charge is 1.00 e. The molecule has 0 amide bonds. The van der Waals surface area contributed by atoms with Crippen molar-refractivity contribution in [2.24, 2.45) is 0 Å². The summed E-state index contributed by atoms with van der Waals surface area (Å²) in [5.74, 6) is -1.02. The smallest absolute Gasteiger partial charge is 0.550 e. The fraction of sp³-hybridized carbons (Fsp3) is 0.944. The van der Waals surface area contributed by atoms with Crippen LogP contribution in [0.15, 0.2) is 0 Å². The fourth-order valence-electron chi connectivity index (χ4n) is 2.67. The Labute approximate surface area is 180 Å². The number of aliphatic hydroxyl groups is 1. The second-order valence-corrected chi connectivity index (χ2v) is 6.24. The molecule has 0 aliphatic heterocycles. The maximum Gasteiger partial charge on any atom is 1.00 e. The van der Waals surface area contributed by atoms with Crippen molar-refractivity contribution in [1.29, 1.82) is 0 Å². The summed E-state index contributed by atoms with van der Waals surface area (Å²) in [6.45, 7) is 2.25. The SMILES string of the molecule is CCCCCCCCCCCCCC(O)CCCC(=O)[O-].[K+]. The van der Waals surface area contributed by atoms with Crippen molar-refractivity contribution in [2.45, 2.75) is 109 Å². The van der Waals surface area contributed by atoms with Crippen LogP contribution in [-0.2, 0) is 4.79 Å². The van der Waals surface area contributed by atoms with Crippen LogP contribution in [0.3, 0.4) is 0 Å². The van der Waals surface area contributed by atoms with Crippen LogP contribution in [0.1, 0.15) is 103 Å². The van der Waals surface area contributed by atoms with Gasteiger partial charge in [-0.3, -0.25) is 0 Å². The summed E-state index contributed by atoms with van der Waals surface area (Å²) in [6.07, 6.45) is 16.1. The Morgan fingerprint density at radius 1 is 0.818 bits per heavy atom. The Balaban J connectivity index is 0. The number of aliphatic carboxylic acids is 1. The number of unbranched alkanes of at least 4 members (excludes halogenated alkanes) is 10. The first-order chi connectivity index (χ1) is 10.2.